The maximum Gasteiger partial charge on any atom is 0.240 e. The topological polar surface area (TPSA) is 66.4 Å². The average molecular weight is 215 g/mol. The molecule has 78 valence electrons. The van der Waals surface area contributed by atoms with Crippen LogP contribution in [0.25, 0.3) is 0 Å². The lowest BCUT2D eigenvalue weighted by atomic mass is 10.4. The van der Waals surface area contributed by atoms with Gasteiger partial charge in [0.25, 0.3) is 0 Å². The van der Waals surface area contributed by atoms with Gasteiger partial charge in [0.15, 0.2) is 0 Å². The third kappa shape index (κ3) is 3.10. The molecule has 0 amide bonds. The van der Waals surface area contributed by atoms with Crippen molar-refractivity contribution in [2.75, 3.05) is 6.54 Å². The fourth-order valence-electron chi connectivity index (χ4n) is 0.913. The van der Waals surface area contributed by atoms with Crippen molar-refractivity contribution in [3.63, 3.8) is 0 Å². The molecular formula is C9H13NO3S. The summed E-state index contributed by atoms with van der Waals surface area (Å²) in [6.07, 6.45) is -0.687. The Morgan fingerprint density at radius 3 is 2.43 bits per heavy atom. The molecule has 0 unspecified atom stereocenters. The van der Waals surface area contributed by atoms with E-state index in [4.69, 9.17) is 5.11 Å². The predicted molar refractivity (Wildman–Crippen MR) is 53.3 cm³/mol. The van der Waals surface area contributed by atoms with E-state index in [-0.39, 0.29) is 11.4 Å². The molecule has 1 atom stereocenters. The third-order valence-electron chi connectivity index (χ3n) is 1.62. The third-order valence-corrected chi connectivity index (χ3v) is 3.06. The molecule has 0 saturated heterocycles. The van der Waals surface area contributed by atoms with E-state index in [0.717, 1.165) is 0 Å². The first kappa shape index (κ1) is 11.2. The van der Waals surface area contributed by atoms with Crippen LogP contribution < -0.4 is 4.72 Å². The Balaban J connectivity index is 2.77. The van der Waals surface area contributed by atoms with E-state index in [1.165, 1.54) is 19.1 Å². The minimum Gasteiger partial charge on any atom is -0.392 e. The molecule has 1 aromatic carbocycles. The van der Waals surface area contributed by atoms with Gasteiger partial charge in [-0.15, -0.1) is 0 Å². The number of nitrogens with one attached hydrogen (secondary N) is 1. The number of hydrogen-bond acceptors (Lipinski definition) is 3. The second-order valence-corrected chi connectivity index (χ2v) is 4.78. The number of hydrogen-bond donors (Lipinski definition) is 2. The molecule has 14 heavy (non-hydrogen) atoms. The quantitative estimate of drug-likeness (QED) is 0.761. The van der Waals surface area contributed by atoms with Crippen molar-refractivity contribution in [1.82, 2.24) is 4.72 Å². The molecule has 0 fully saturated rings. The monoisotopic (exact) mass is 215 g/mol. The van der Waals surface area contributed by atoms with Gasteiger partial charge in [-0.1, -0.05) is 18.2 Å². The molecule has 0 aromatic heterocycles. The van der Waals surface area contributed by atoms with Crippen LogP contribution in [0.1, 0.15) is 6.92 Å². The second kappa shape index (κ2) is 4.54. The molecule has 2 N–H and O–H groups in total. The Kier molecular flexibility index (Phi) is 3.62. The van der Waals surface area contributed by atoms with Gasteiger partial charge >= 0.3 is 0 Å². The van der Waals surface area contributed by atoms with E-state index >= 15 is 0 Å². The summed E-state index contributed by atoms with van der Waals surface area (Å²) in [6.45, 7) is 1.55. The molecule has 4 nitrogen and oxygen atoms in total. The smallest absolute Gasteiger partial charge is 0.240 e. The number of rotatable bonds is 4. The molecule has 0 aliphatic rings. The van der Waals surface area contributed by atoms with Crippen molar-refractivity contribution in [2.45, 2.75) is 17.9 Å². The lowest BCUT2D eigenvalue weighted by Gasteiger charge is -2.07. The Morgan fingerprint density at radius 1 is 1.36 bits per heavy atom. The van der Waals surface area contributed by atoms with Crippen molar-refractivity contribution < 1.29 is 13.5 Å². The van der Waals surface area contributed by atoms with Crippen molar-refractivity contribution in [2.24, 2.45) is 0 Å². The summed E-state index contributed by atoms with van der Waals surface area (Å²) < 4.78 is 25.3. The number of aliphatic hydroxyl groups excluding tert-OH is 1. The summed E-state index contributed by atoms with van der Waals surface area (Å²) in [5, 5.41) is 8.94. The van der Waals surface area contributed by atoms with Crippen molar-refractivity contribution in [3.8, 4) is 0 Å². The highest BCUT2D eigenvalue weighted by Gasteiger charge is 2.12. The fraction of sp³-hybridized carbons (Fsp3) is 0.333. The van der Waals surface area contributed by atoms with Gasteiger partial charge in [0.1, 0.15) is 0 Å². The first-order valence-corrected chi connectivity index (χ1v) is 5.73. The van der Waals surface area contributed by atoms with Gasteiger partial charge in [0.05, 0.1) is 11.0 Å². The lowest BCUT2D eigenvalue weighted by molar-refractivity contribution is 0.198. The summed E-state index contributed by atoms with van der Waals surface area (Å²) in [5.74, 6) is 0. The first-order valence-electron chi connectivity index (χ1n) is 4.25. The first-order chi connectivity index (χ1) is 6.52. The highest BCUT2D eigenvalue weighted by atomic mass is 32.2. The van der Waals surface area contributed by atoms with Crippen molar-refractivity contribution in [3.05, 3.63) is 30.3 Å². The Bertz CT molecular complexity index is 372. The van der Waals surface area contributed by atoms with Gasteiger partial charge in [-0.05, 0) is 19.1 Å². The molecule has 0 spiro atoms. The van der Waals surface area contributed by atoms with Gasteiger partial charge in [0, 0.05) is 6.54 Å². The van der Waals surface area contributed by atoms with Crippen LogP contribution in [0, 0.1) is 0 Å². The van der Waals surface area contributed by atoms with Crippen LogP contribution in [0.2, 0.25) is 0 Å². The summed E-state index contributed by atoms with van der Waals surface area (Å²) in [6, 6.07) is 8.05. The normalized spacial score (nSPS) is 13.9. The fourth-order valence-corrected chi connectivity index (χ4v) is 2.06. The second-order valence-electron chi connectivity index (χ2n) is 3.01. The average Bonchev–Trinajstić information content (AvgIpc) is 2.16. The van der Waals surface area contributed by atoms with Gasteiger partial charge < -0.3 is 5.11 Å². The molecule has 1 rings (SSSR count). The molecule has 0 heterocycles. The molecule has 0 bridgehead atoms. The van der Waals surface area contributed by atoms with E-state index in [9.17, 15) is 8.42 Å². The van der Waals surface area contributed by atoms with Crippen molar-refractivity contribution in [1.29, 1.82) is 0 Å². The van der Waals surface area contributed by atoms with E-state index in [1.54, 1.807) is 18.2 Å². The standard InChI is InChI=1S/C9H13NO3S/c1-8(11)7-10-14(12,13)9-5-3-2-4-6-9/h2-6,8,10-11H,7H2,1H3/t8-/m0/s1. The lowest BCUT2D eigenvalue weighted by Crippen LogP contribution is -2.30. The van der Waals surface area contributed by atoms with Crippen molar-refractivity contribution >= 4 is 10.0 Å². The molecule has 0 aliphatic heterocycles. The number of aliphatic hydroxyl groups is 1. The minimum atomic E-state index is -3.47. The van der Waals surface area contributed by atoms with Gasteiger partial charge in [0.2, 0.25) is 10.0 Å². The van der Waals surface area contributed by atoms with E-state index in [0.29, 0.717) is 0 Å². The summed E-state index contributed by atoms with van der Waals surface area (Å²) in [5.41, 5.74) is 0. The highest BCUT2D eigenvalue weighted by Crippen LogP contribution is 2.06. The van der Waals surface area contributed by atoms with Crippen LogP contribution in [0.3, 0.4) is 0 Å². The molecule has 5 heteroatoms. The van der Waals surface area contributed by atoms with Crippen LogP contribution in [0.5, 0.6) is 0 Å². The minimum absolute atomic E-state index is 0.0250. The van der Waals surface area contributed by atoms with Crippen LogP contribution in [-0.4, -0.2) is 26.2 Å². The molecule has 1 aromatic rings. The van der Waals surface area contributed by atoms with Crippen LogP contribution in [0.15, 0.2) is 35.2 Å². The highest BCUT2D eigenvalue weighted by molar-refractivity contribution is 7.89. The van der Waals surface area contributed by atoms with Crippen LogP contribution >= 0.6 is 0 Å². The largest absolute Gasteiger partial charge is 0.392 e. The predicted octanol–water partition coefficient (Wildman–Crippen LogP) is 0.346. The Labute approximate surface area is 83.6 Å². The molecule has 0 aliphatic carbocycles. The maximum atomic E-state index is 11.5. The zero-order valence-corrected chi connectivity index (χ0v) is 8.66. The summed E-state index contributed by atoms with van der Waals surface area (Å²) >= 11 is 0. The maximum absolute atomic E-state index is 11.5. The summed E-state index contributed by atoms with van der Waals surface area (Å²) in [7, 11) is -3.47. The Morgan fingerprint density at radius 2 is 1.93 bits per heavy atom. The van der Waals surface area contributed by atoms with Gasteiger partial charge in [-0.3, -0.25) is 0 Å². The van der Waals surface area contributed by atoms with Crippen LogP contribution in [0.4, 0.5) is 0 Å². The van der Waals surface area contributed by atoms with E-state index < -0.39 is 16.1 Å². The zero-order chi connectivity index (χ0) is 10.6. The van der Waals surface area contributed by atoms with Gasteiger partial charge in [-0.25, -0.2) is 13.1 Å². The zero-order valence-electron chi connectivity index (χ0n) is 7.84. The molecule has 0 radical (unpaired) electrons. The van der Waals surface area contributed by atoms with E-state index in [2.05, 4.69) is 4.72 Å². The molecular weight excluding hydrogens is 202 g/mol. The van der Waals surface area contributed by atoms with Crippen LogP contribution in [-0.2, 0) is 10.0 Å². The summed E-state index contributed by atoms with van der Waals surface area (Å²) in [4.78, 5) is 0.209. The SMILES string of the molecule is C[C@H](O)CNS(=O)(=O)c1ccccc1. The number of sulfonamides is 1. The van der Waals surface area contributed by atoms with E-state index in [1.807, 2.05) is 0 Å². The number of benzene rings is 1. The van der Waals surface area contributed by atoms with Gasteiger partial charge in [-0.2, -0.15) is 0 Å². The molecule has 0 saturated carbocycles. The Hall–Kier alpha value is -0.910.